The molecule has 3 aromatic rings. The van der Waals surface area contributed by atoms with Crippen molar-refractivity contribution in [2.75, 3.05) is 19.8 Å². The van der Waals surface area contributed by atoms with Gasteiger partial charge in [-0.15, -0.1) is 0 Å². The number of aliphatic imine (C=N–C) groups is 1. The second kappa shape index (κ2) is 7.76. The van der Waals surface area contributed by atoms with Gasteiger partial charge in [-0.1, -0.05) is 19.1 Å². The van der Waals surface area contributed by atoms with Crippen LogP contribution in [0.2, 0.25) is 0 Å². The lowest BCUT2D eigenvalue weighted by atomic mass is 9.94. The normalized spacial score (nSPS) is 15.8. The zero-order chi connectivity index (χ0) is 19.7. The first-order valence-corrected chi connectivity index (χ1v) is 9.93. The van der Waals surface area contributed by atoms with E-state index in [9.17, 15) is 5.11 Å². The van der Waals surface area contributed by atoms with E-state index in [-0.39, 0.29) is 11.9 Å². The van der Waals surface area contributed by atoms with E-state index in [1.807, 2.05) is 16.8 Å². The molecule has 0 radical (unpaired) electrons. The molecule has 2 aromatic heterocycles. The summed E-state index contributed by atoms with van der Waals surface area (Å²) in [6, 6.07) is 10.7. The molecule has 1 aromatic carbocycles. The van der Waals surface area contributed by atoms with Gasteiger partial charge in [0.15, 0.2) is 0 Å². The monoisotopic (exact) mass is 377 g/mol. The van der Waals surface area contributed by atoms with Crippen molar-refractivity contribution in [1.82, 2.24) is 9.55 Å². The third-order valence-corrected chi connectivity index (χ3v) is 5.42. The van der Waals surface area contributed by atoms with Gasteiger partial charge in [0.1, 0.15) is 0 Å². The van der Waals surface area contributed by atoms with Crippen LogP contribution in [0.25, 0.3) is 10.9 Å². The van der Waals surface area contributed by atoms with Gasteiger partial charge in [0.25, 0.3) is 0 Å². The second-order valence-electron chi connectivity index (χ2n) is 7.79. The van der Waals surface area contributed by atoms with Crippen LogP contribution < -0.4 is 0 Å². The van der Waals surface area contributed by atoms with E-state index in [2.05, 4.69) is 55.0 Å². The van der Waals surface area contributed by atoms with Crippen LogP contribution in [-0.2, 0) is 11.2 Å². The highest BCUT2D eigenvalue weighted by atomic mass is 16.5. The molecule has 5 nitrogen and oxygen atoms in total. The molecule has 1 atom stereocenters. The van der Waals surface area contributed by atoms with Crippen molar-refractivity contribution in [3.05, 3.63) is 59.4 Å². The summed E-state index contributed by atoms with van der Waals surface area (Å²) in [7, 11) is 0. The van der Waals surface area contributed by atoms with E-state index in [1.165, 1.54) is 11.1 Å². The quantitative estimate of drug-likeness (QED) is 0.713. The molecule has 1 aliphatic heterocycles. The van der Waals surface area contributed by atoms with Gasteiger partial charge in [-0.3, -0.25) is 9.98 Å². The molecule has 4 rings (SSSR count). The van der Waals surface area contributed by atoms with E-state index in [0.29, 0.717) is 25.7 Å². The van der Waals surface area contributed by atoms with E-state index in [1.54, 1.807) is 6.20 Å². The Kier molecular flexibility index (Phi) is 5.18. The summed E-state index contributed by atoms with van der Waals surface area (Å²) in [6.45, 7) is 8.11. The zero-order valence-electron chi connectivity index (χ0n) is 16.7. The van der Waals surface area contributed by atoms with Crippen molar-refractivity contribution >= 4 is 16.6 Å². The molecule has 0 saturated carbocycles. The number of benzene rings is 1. The Morgan fingerprint density at radius 1 is 1.21 bits per heavy atom. The van der Waals surface area contributed by atoms with Gasteiger partial charge >= 0.3 is 0 Å². The van der Waals surface area contributed by atoms with Crippen molar-refractivity contribution in [1.29, 1.82) is 0 Å². The fourth-order valence-electron chi connectivity index (χ4n) is 4.03. The summed E-state index contributed by atoms with van der Waals surface area (Å²) < 4.78 is 7.59. The number of hydrogen-bond acceptors (Lipinski definition) is 4. The Hall–Kier alpha value is -2.66. The van der Waals surface area contributed by atoms with E-state index < -0.39 is 0 Å². The molecule has 5 heteroatoms. The number of hydrogen-bond donors (Lipinski definition) is 1. The fourth-order valence-corrected chi connectivity index (χ4v) is 4.03. The number of aromatic nitrogens is 2. The SMILES string of the molecule is CC(Cc1ccc2c(c1)c(C1=NCCOC1)c(O)n2C(C)C)c1cccnc1. The Morgan fingerprint density at radius 3 is 2.75 bits per heavy atom. The molecule has 28 heavy (non-hydrogen) atoms. The molecular formula is C23H27N3O2. The smallest absolute Gasteiger partial charge is 0.201 e. The van der Waals surface area contributed by atoms with Crippen molar-refractivity contribution < 1.29 is 9.84 Å². The number of ether oxygens (including phenoxy) is 1. The summed E-state index contributed by atoms with van der Waals surface area (Å²) in [5.41, 5.74) is 5.16. The molecule has 0 saturated heterocycles. The van der Waals surface area contributed by atoms with Crippen LogP contribution in [0.3, 0.4) is 0 Å². The van der Waals surface area contributed by atoms with Gasteiger partial charge in [-0.2, -0.15) is 0 Å². The molecule has 1 aliphatic rings. The Balaban J connectivity index is 1.78. The first-order valence-electron chi connectivity index (χ1n) is 9.93. The first kappa shape index (κ1) is 18.7. The summed E-state index contributed by atoms with van der Waals surface area (Å²) in [5.74, 6) is 0.650. The van der Waals surface area contributed by atoms with Crippen LogP contribution in [0.1, 0.15) is 49.4 Å². The van der Waals surface area contributed by atoms with E-state index in [4.69, 9.17) is 4.74 Å². The molecule has 0 bridgehead atoms. The maximum absolute atomic E-state index is 11.0. The standard InChI is InChI=1S/C23H27N3O2/c1-15(2)26-21-7-6-17(11-16(3)18-5-4-8-24-13-18)12-19(21)22(23(26)27)20-14-28-10-9-25-20/h4-8,12-13,15-16,27H,9-11,14H2,1-3H3. The van der Waals surface area contributed by atoms with Gasteiger partial charge in [0.05, 0.1) is 36.6 Å². The van der Waals surface area contributed by atoms with Crippen molar-refractivity contribution in [2.24, 2.45) is 4.99 Å². The van der Waals surface area contributed by atoms with Gasteiger partial charge < -0.3 is 14.4 Å². The molecule has 1 N–H and O–H groups in total. The number of rotatable bonds is 5. The third-order valence-electron chi connectivity index (χ3n) is 5.42. The Bertz CT molecular complexity index is 1010. The zero-order valence-corrected chi connectivity index (χ0v) is 16.7. The van der Waals surface area contributed by atoms with Crippen LogP contribution in [0.5, 0.6) is 5.88 Å². The molecule has 3 heterocycles. The van der Waals surface area contributed by atoms with Gasteiger partial charge in [-0.05, 0) is 55.5 Å². The van der Waals surface area contributed by atoms with Crippen molar-refractivity contribution in [3.63, 3.8) is 0 Å². The minimum Gasteiger partial charge on any atom is -0.494 e. The molecular weight excluding hydrogens is 350 g/mol. The van der Waals surface area contributed by atoms with Crippen LogP contribution in [0, 0.1) is 0 Å². The highest BCUT2D eigenvalue weighted by Crippen LogP contribution is 2.36. The summed E-state index contributed by atoms with van der Waals surface area (Å²) in [6.07, 6.45) is 4.65. The summed E-state index contributed by atoms with van der Waals surface area (Å²) in [5, 5.41) is 12.1. The lowest BCUT2D eigenvalue weighted by Crippen LogP contribution is -2.18. The predicted octanol–water partition coefficient (Wildman–Crippen LogP) is 4.49. The molecule has 0 spiro atoms. The average molecular weight is 377 g/mol. The summed E-state index contributed by atoms with van der Waals surface area (Å²) in [4.78, 5) is 8.87. The fraction of sp³-hybridized carbons (Fsp3) is 0.391. The molecule has 0 amide bonds. The largest absolute Gasteiger partial charge is 0.494 e. The highest BCUT2D eigenvalue weighted by Gasteiger charge is 2.24. The van der Waals surface area contributed by atoms with Crippen molar-refractivity contribution in [3.8, 4) is 5.88 Å². The van der Waals surface area contributed by atoms with Crippen LogP contribution in [0.15, 0.2) is 47.7 Å². The number of nitrogens with zero attached hydrogens (tertiary/aromatic N) is 3. The van der Waals surface area contributed by atoms with Crippen LogP contribution >= 0.6 is 0 Å². The molecule has 0 aliphatic carbocycles. The van der Waals surface area contributed by atoms with Gasteiger partial charge in [0.2, 0.25) is 5.88 Å². The highest BCUT2D eigenvalue weighted by molar-refractivity contribution is 6.14. The average Bonchev–Trinajstić information content (AvgIpc) is 3.00. The number of fused-ring (bicyclic) bond motifs is 1. The number of pyridine rings is 1. The lowest BCUT2D eigenvalue weighted by molar-refractivity contribution is 0.171. The van der Waals surface area contributed by atoms with Crippen LogP contribution in [0.4, 0.5) is 0 Å². The third kappa shape index (κ3) is 3.42. The second-order valence-corrected chi connectivity index (χ2v) is 7.79. The molecule has 146 valence electrons. The molecule has 1 unspecified atom stereocenters. The Labute approximate surface area is 165 Å². The van der Waals surface area contributed by atoms with E-state index >= 15 is 0 Å². The maximum atomic E-state index is 11.0. The number of aromatic hydroxyl groups is 1. The minimum absolute atomic E-state index is 0.154. The van der Waals surface area contributed by atoms with E-state index in [0.717, 1.165) is 28.6 Å². The van der Waals surface area contributed by atoms with Gasteiger partial charge in [0, 0.05) is 23.8 Å². The van der Waals surface area contributed by atoms with Crippen molar-refractivity contribution in [2.45, 2.75) is 39.2 Å². The lowest BCUT2D eigenvalue weighted by Gasteiger charge is -2.14. The first-order chi connectivity index (χ1) is 13.6. The minimum atomic E-state index is 0.154. The maximum Gasteiger partial charge on any atom is 0.201 e. The topological polar surface area (TPSA) is 59.6 Å². The molecule has 0 fully saturated rings. The van der Waals surface area contributed by atoms with Gasteiger partial charge in [-0.25, -0.2) is 0 Å². The predicted molar refractivity (Wildman–Crippen MR) is 113 cm³/mol. The Morgan fingerprint density at radius 2 is 2.07 bits per heavy atom. The van der Waals surface area contributed by atoms with Crippen LogP contribution in [-0.4, -0.2) is 40.1 Å². The summed E-state index contributed by atoms with van der Waals surface area (Å²) >= 11 is 0.